The lowest BCUT2D eigenvalue weighted by molar-refractivity contribution is 0.250. The van der Waals surface area contributed by atoms with Crippen molar-refractivity contribution in [2.45, 2.75) is 6.04 Å². The smallest absolute Gasteiger partial charge is 0.168 e. The van der Waals surface area contributed by atoms with Crippen LogP contribution in [0.25, 0.3) is 16.6 Å². The third kappa shape index (κ3) is 3.73. The van der Waals surface area contributed by atoms with Crippen molar-refractivity contribution in [3.8, 4) is 17.2 Å². The van der Waals surface area contributed by atoms with Gasteiger partial charge >= 0.3 is 0 Å². The number of nitrogens with zero attached hydrogens (tertiary/aromatic N) is 6. The lowest BCUT2D eigenvalue weighted by Crippen LogP contribution is -2.55. The predicted octanol–water partition coefficient (Wildman–Crippen LogP) is 3.66. The number of rotatable bonds is 4. The van der Waals surface area contributed by atoms with E-state index in [-0.39, 0.29) is 17.5 Å². The molecule has 1 saturated heterocycles. The van der Waals surface area contributed by atoms with Crippen LogP contribution in [0, 0.1) is 11.6 Å². The standard InChI is InChI=1S/C25H20F2N8O2/c26-16-9-21(37-15-3-5-35-22(7-15)30-13-32-35)17(27)8-19(16)33-25-23-18(29-12-31-25)1-2-20-24(23)36-11-14-10-28-4-6-34(14)20/h1-3,5,7-9,12-14,28H,4,6,10-11H2,(H,29,31,33)/t14-/m0/s1. The van der Waals surface area contributed by atoms with Crippen molar-refractivity contribution in [2.24, 2.45) is 0 Å². The fraction of sp³-hybridized carbons (Fsp3) is 0.200. The molecule has 5 heterocycles. The van der Waals surface area contributed by atoms with Crippen LogP contribution >= 0.6 is 0 Å². The van der Waals surface area contributed by atoms with Crippen molar-refractivity contribution in [2.75, 3.05) is 36.5 Å². The van der Waals surface area contributed by atoms with E-state index in [1.54, 1.807) is 18.3 Å². The average molecular weight is 502 g/mol. The number of hydrogen-bond donors (Lipinski definition) is 2. The number of benzene rings is 2. The zero-order valence-corrected chi connectivity index (χ0v) is 19.4. The van der Waals surface area contributed by atoms with Crippen LogP contribution in [0.15, 0.2) is 55.2 Å². The molecule has 2 aliphatic rings. The third-order valence-electron chi connectivity index (χ3n) is 6.57. The van der Waals surface area contributed by atoms with Gasteiger partial charge in [-0.2, -0.15) is 5.10 Å². The lowest BCUT2D eigenvalue weighted by Gasteiger charge is -2.42. The highest BCUT2D eigenvalue weighted by atomic mass is 19.1. The molecule has 7 rings (SSSR count). The normalized spacial score (nSPS) is 16.8. The van der Waals surface area contributed by atoms with E-state index in [1.165, 1.54) is 17.2 Å². The summed E-state index contributed by atoms with van der Waals surface area (Å²) in [6.45, 7) is 3.05. The maximum absolute atomic E-state index is 15.2. The molecule has 37 heavy (non-hydrogen) atoms. The molecule has 2 aliphatic heterocycles. The molecule has 186 valence electrons. The zero-order chi connectivity index (χ0) is 24.9. The SMILES string of the molecule is Fc1cc(Oc2ccn3ncnc3c2)c(F)cc1Nc1ncnc2ccc3c(c12)OC[C@@H]1CNCCN31. The van der Waals surface area contributed by atoms with Gasteiger partial charge in [0.1, 0.15) is 30.8 Å². The van der Waals surface area contributed by atoms with E-state index < -0.39 is 11.6 Å². The molecule has 0 amide bonds. The van der Waals surface area contributed by atoms with Crippen molar-refractivity contribution in [3.05, 3.63) is 66.9 Å². The lowest BCUT2D eigenvalue weighted by atomic mass is 10.1. The fourth-order valence-electron chi connectivity index (χ4n) is 4.80. The van der Waals surface area contributed by atoms with Gasteiger partial charge in [-0.3, -0.25) is 0 Å². The van der Waals surface area contributed by atoms with Gasteiger partial charge in [0.05, 0.1) is 28.3 Å². The number of pyridine rings is 1. The van der Waals surface area contributed by atoms with Gasteiger partial charge in [-0.1, -0.05) is 0 Å². The minimum atomic E-state index is -0.745. The fourth-order valence-corrected chi connectivity index (χ4v) is 4.80. The number of fused-ring (bicyclic) bond motifs is 6. The molecule has 2 aromatic carbocycles. The van der Waals surface area contributed by atoms with Crippen molar-refractivity contribution in [3.63, 3.8) is 0 Å². The second-order valence-electron chi connectivity index (χ2n) is 8.81. The Hall–Kier alpha value is -4.58. The molecule has 3 aromatic heterocycles. The Kier molecular flexibility index (Phi) is 4.99. The summed E-state index contributed by atoms with van der Waals surface area (Å²) in [6.07, 6.45) is 4.38. The van der Waals surface area contributed by atoms with Crippen LogP contribution in [0.4, 0.5) is 26.0 Å². The molecule has 0 bridgehead atoms. The first kappa shape index (κ1) is 21.7. The highest BCUT2D eigenvalue weighted by molar-refractivity contribution is 6.00. The summed E-state index contributed by atoms with van der Waals surface area (Å²) in [6, 6.07) is 9.29. The number of piperazine rings is 1. The molecular formula is C25H20F2N8O2. The van der Waals surface area contributed by atoms with Crippen LogP contribution in [-0.2, 0) is 0 Å². The summed E-state index contributed by atoms with van der Waals surface area (Å²) in [5.74, 6) is -0.463. The number of nitrogens with one attached hydrogen (secondary N) is 2. The van der Waals surface area contributed by atoms with Crippen molar-refractivity contribution >= 4 is 33.7 Å². The van der Waals surface area contributed by atoms with Gasteiger partial charge in [0.15, 0.2) is 28.8 Å². The van der Waals surface area contributed by atoms with Crippen LogP contribution in [0.2, 0.25) is 0 Å². The first-order chi connectivity index (χ1) is 18.1. The average Bonchev–Trinajstić information content (AvgIpc) is 3.39. The van der Waals surface area contributed by atoms with Crippen LogP contribution in [0.1, 0.15) is 0 Å². The van der Waals surface area contributed by atoms with Gasteiger partial charge in [0.25, 0.3) is 0 Å². The first-order valence-corrected chi connectivity index (χ1v) is 11.8. The Morgan fingerprint density at radius 3 is 2.95 bits per heavy atom. The molecule has 12 heteroatoms. The number of halogens is 2. The van der Waals surface area contributed by atoms with Crippen LogP contribution in [0.5, 0.6) is 17.2 Å². The number of anilines is 3. The summed E-state index contributed by atoms with van der Waals surface area (Å²) in [4.78, 5) is 15.0. The highest BCUT2D eigenvalue weighted by Crippen LogP contribution is 2.43. The summed E-state index contributed by atoms with van der Waals surface area (Å²) in [5, 5.41) is 10.9. The van der Waals surface area contributed by atoms with E-state index in [0.29, 0.717) is 40.5 Å². The minimum absolute atomic E-state index is 0.0915. The molecule has 1 fully saturated rings. The van der Waals surface area contributed by atoms with E-state index in [4.69, 9.17) is 9.47 Å². The molecular weight excluding hydrogens is 482 g/mol. The van der Waals surface area contributed by atoms with Gasteiger partial charge in [-0.15, -0.1) is 0 Å². The Morgan fingerprint density at radius 2 is 2.00 bits per heavy atom. The van der Waals surface area contributed by atoms with Gasteiger partial charge in [0, 0.05) is 44.0 Å². The largest absolute Gasteiger partial charge is 0.488 e. The second-order valence-corrected chi connectivity index (χ2v) is 8.81. The summed E-state index contributed by atoms with van der Waals surface area (Å²) >= 11 is 0. The van der Waals surface area contributed by atoms with Crippen molar-refractivity contribution in [1.29, 1.82) is 0 Å². The third-order valence-corrected chi connectivity index (χ3v) is 6.57. The Labute approximate surface area is 208 Å². The maximum atomic E-state index is 15.2. The van der Waals surface area contributed by atoms with Crippen LogP contribution in [0.3, 0.4) is 0 Å². The van der Waals surface area contributed by atoms with Crippen molar-refractivity contribution in [1.82, 2.24) is 29.9 Å². The number of ether oxygens (including phenoxy) is 2. The Bertz CT molecular complexity index is 1660. The molecule has 1 atom stereocenters. The van der Waals surface area contributed by atoms with Gasteiger partial charge in [-0.25, -0.2) is 28.2 Å². The van der Waals surface area contributed by atoms with E-state index >= 15 is 8.78 Å². The molecule has 0 spiro atoms. The molecule has 0 saturated carbocycles. The molecule has 2 N–H and O–H groups in total. The van der Waals surface area contributed by atoms with Crippen molar-refractivity contribution < 1.29 is 18.3 Å². The zero-order valence-electron chi connectivity index (χ0n) is 19.4. The van der Waals surface area contributed by atoms with Gasteiger partial charge < -0.3 is 25.0 Å². The van der Waals surface area contributed by atoms with Crippen LogP contribution in [-0.4, -0.2) is 56.8 Å². The second kappa shape index (κ2) is 8.52. The topological polar surface area (TPSA) is 102 Å². The predicted molar refractivity (Wildman–Crippen MR) is 132 cm³/mol. The maximum Gasteiger partial charge on any atom is 0.168 e. The minimum Gasteiger partial charge on any atom is -0.488 e. The number of aromatic nitrogens is 5. The summed E-state index contributed by atoms with van der Waals surface area (Å²) in [7, 11) is 0. The molecule has 5 aromatic rings. The Balaban J connectivity index is 1.23. The summed E-state index contributed by atoms with van der Waals surface area (Å²) < 4.78 is 43.4. The van der Waals surface area contributed by atoms with E-state index in [1.807, 2.05) is 12.1 Å². The molecule has 10 nitrogen and oxygen atoms in total. The van der Waals surface area contributed by atoms with E-state index in [9.17, 15) is 0 Å². The number of hydrogen-bond acceptors (Lipinski definition) is 9. The van der Waals surface area contributed by atoms with Gasteiger partial charge in [0.2, 0.25) is 0 Å². The summed E-state index contributed by atoms with van der Waals surface area (Å²) in [5.41, 5.74) is 1.99. The molecule has 0 unspecified atom stereocenters. The van der Waals surface area contributed by atoms with E-state index in [0.717, 1.165) is 37.5 Å². The first-order valence-electron chi connectivity index (χ1n) is 11.8. The molecule has 0 radical (unpaired) electrons. The van der Waals surface area contributed by atoms with E-state index in [2.05, 4.69) is 35.6 Å². The monoisotopic (exact) mass is 502 g/mol. The highest BCUT2D eigenvalue weighted by Gasteiger charge is 2.31. The quantitative estimate of drug-likeness (QED) is 0.381. The molecule has 0 aliphatic carbocycles. The Morgan fingerprint density at radius 1 is 1.05 bits per heavy atom. The van der Waals surface area contributed by atoms with Gasteiger partial charge in [-0.05, 0) is 18.2 Å². The van der Waals surface area contributed by atoms with Crippen LogP contribution < -0.4 is 25.0 Å².